The average Bonchev–Trinajstić information content (AvgIpc) is 3.10. The number of rotatable bonds is 2. The molecular weight excluding hydrogens is 298 g/mol. The molecule has 1 saturated heterocycles. The van der Waals surface area contributed by atoms with Gasteiger partial charge in [0.25, 0.3) is 5.95 Å². The minimum Gasteiger partial charge on any atom is -0.295 e. The largest absolute Gasteiger partial charge is 0.295 e. The molecule has 3 heterocycles. The molecule has 2 aliphatic heterocycles. The molecule has 0 bridgehead atoms. The Labute approximate surface area is 131 Å². The van der Waals surface area contributed by atoms with Crippen molar-refractivity contribution in [1.82, 2.24) is 14.8 Å². The van der Waals surface area contributed by atoms with Gasteiger partial charge in [-0.2, -0.15) is 4.98 Å². The predicted octanol–water partition coefficient (Wildman–Crippen LogP) is 0.863. The minimum atomic E-state index is -0.319. The van der Waals surface area contributed by atoms with Crippen molar-refractivity contribution in [3.63, 3.8) is 0 Å². The Balaban J connectivity index is 1.78. The van der Waals surface area contributed by atoms with E-state index in [0.29, 0.717) is 0 Å². The molecular formula is C15H13N5O3. The number of carbonyl (C=O) groups is 3. The van der Waals surface area contributed by atoms with Crippen LogP contribution in [0.3, 0.4) is 0 Å². The van der Waals surface area contributed by atoms with Gasteiger partial charge in [-0.3, -0.25) is 19.7 Å². The Morgan fingerprint density at radius 1 is 1.04 bits per heavy atom. The Morgan fingerprint density at radius 2 is 1.74 bits per heavy atom. The number of fused-ring (bicyclic) bond motifs is 1. The smallest absolute Gasteiger partial charge is 0.260 e. The minimum absolute atomic E-state index is 0.0237. The molecule has 2 aromatic rings. The summed E-state index contributed by atoms with van der Waals surface area (Å²) in [6, 6.07) is 9.15. The van der Waals surface area contributed by atoms with Gasteiger partial charge in [0.15, 0.2) is 0 Å². The molecule has 0 spiro atoms. The van der Waals surface area contributed by atoms with Crippen molar-refractivity contribution in [3.8, 4) is 0 Å². The van der Waals surface area contributed by atoms with Crippen LogP contribution in [0, 0.1) is 0 Å². The summed E-state index contributed by atoms with van der Waals surface area (Å²) in [5.74, 6) is -0.543. The van der Waals surface area contributed by atoms with E-state index in [1.165, 1.54) is 0 Å². The van der Waals surface area contributed by atoms with Gasteiger partial charge < -0.3 is 0 Å². The summed E-state index contributed by atoms with van der Waals surface area (Å²) in [5, 5.41) is 6.94. The lowest BCUT2D eigenvalue weighted by atomic mass is 10.0. The molecule has 0 aliphatic carbocycles. The third kappa shape index (κ3) is 2.19. The van der Waals surface area contributed by atoms with Crippen molar-refractivity contribution in [2.45, 2.75) is 25.3 Å². The van der Waals surface area contributed by atoms with Gasteiger partial charge in [-0.1, -0.05) is 30.3 Å². The van der Waals surface area contributed by atoms with Crippen molar-refractivity contribution in [1.29, 1.82) is 0 Å². The Hall–Kier alpha value is -3.03. The molecule has 3 amide bonds. The van der Waals surface area contributed by atoms with Gasteiger partial charge in [0.2, 0.25) is 23.7 Å². The summed E-state index contributed by atoms with van der Waals surface area (Å²) < 4.78 is 1.56. The lowest BCUT2D eigenvalue weighted by molar-refractivity contribution is -0.121. The van der Waals surface area contributed by atoms with Crippen LogP contribution in [0.2, 0.25) is 0 Å². The first-order chi connectivity index (χ1) is 11.1. The number of hydrogen-bond donors (Lipinski definition) is 1. The van der Waals surface area contributed by atoms with Crippen molar-refractivity contribution in [2.24, 2.45) is 0 Å². The van der Waals surface area contributed by atoms with Crippen LogP contribution in [0.25, 0.3) is 0 Å². The third-order valence-electron chi connectivity index (χ3n) is 3.98. The summed E-state index contributed by atoms with van der Waals surface area (Å²) in [6.07, 6.45) is 0.552. The molecule has 0 unspecified atom stereocenters. The maximum atomic E-state index is 11.9. The lowest BCUT2D eigenvalue weighted by Gasteiger charge is -2.23. The van der Waals surface area contributed by atoms with Crippen LogP contribution in [-0.2, 0) is 14.4 Å². The molecule has 1 N–H and O–H groups in total. The van der Waals surface area contributed by atoms with Crippen molar-refractivity contribution in [3.05, 3.63) is 35.9 Å². The number of amides is 3. The highest BCUT2D eigenvalue weighted by molar-refractivity contribution is 6.18. The van der Waals surface area contributed by atoms with Crippen molar-refractivity contribution in [2.75, 3.05) is 10.2 Å². The highest BCUT2D eigenvalue weighted by atomic mass is 16.2. The predicted molar refractivity (Wildman–Crippen MR) is 79.6 cm³/mol. The van der Waals surface area contributed by atoms with Crippen LogP contribution in [0.4, 0.5) is 11.9 Å². The Morgan fingerprint density at radius 3 is 2.43 bits per heavy atom. The van der Waals surface area contributed by atoms with Gasteiger partial charge in [0, 0.05) is 12.8 Å². The van der Waals surface area contributed by atoms with E-state index in [9.17, 15) is 14.4 Å². The molecule has 1 fully saturated rings. The summed E-state index contributed by atoms with van der Waals surface area (Å²) >= 11 is 0. The zero-order chi connectivity index (χ0) is 16.0. The standard InChI is InChI=1S/C15H13N5O3/c21-11-8-10(9-4-2-1-3-5-9)20-14(16-11)17-15(18-20)19-12(22)6-7-13(19)23/h1-5,10H,6-8H2,(H,16,17,18,21)/t10-/m0/s1. The summed E-state index contributed by atoms with van der Waals surface area (Å²) in [4.78, 5) is 40.8. The molecule has 2 aliphatic rings. The number of nitrogens with one attached hydrogen (secondary N) is 1. The first-order valence-electron chi connectivity index (χ1n) is 7.30. The second-order valence-corrected chi connectivity index (χ2v) is 5.48. The molecule has 4 rings (SSSR count). The monoisotopic (exact) mass is 311 g/mol. The SMILES string of the molecule is O=C1C[C@@H](c2ccccc2)n2nc(N3C(=O)CCC3=O)nc2N1. The molecule has 1 atom stereocenters. The van der Waals surface area contributed by atoms with Crippen LogP contribution in [-0.4, -0.2) is 32.5 Å². The van der Waals surface area contributed by atoms with E-state index in [4.69, 9.17) is 0 Å². The number of carbonyl (C=O) groups excluding carboxylic acids is 3. The second kappa shape index (κ2) is 5.01. The first-order valence-corrected chi connectivity index (χ1v) is 7.30. The highest BCUT2D eigenvalue weighted by Crippen LogP contribution is 2.31. The fraction of sp³-hybridized carbons (Fsp3) is 0.267. The van der Waals surface area contributed by atoms with Gasteiger partial charge in [-0.15, -0.1) is 5.10 Å². The maximum absolute atomic E-state index is 11.9. The van der Waals surface area contributed by atoms with E-state index in [0.717, 1.165) is 10.5 Å². The van der Waals surface area contributed by atoms with Crippen LogP contribution >= 0.6 is 0 Å². The van der Waals surface area contributed by atoms with Crippen LogP contribution < -0.4 is 10.2 Å². The maximum Gasteiger partial charge on any atom is 0.260 e. The number of benzene rings is 1. The summed E-state index contributed by atoms with van der Waals surface area (Å²) in [5.41, 5.74) is 0.916. The summed E-state index contributed by atoms with van der Waals surface area (Å²) in [6.45, 7) is 0. The van der Waals surface area contributed by atoms with Crippen molar-refractivity contribution < 1.29 is 14.4 Å². The number of anilines is 2. The molecule has 0 radical (unpaired) electrons. The number of hydrogen-bond acceptors (Lipinski definition) is 5. The highest BCUT2D eigenvalue weighted by Gasteiger charge is 2.36. The van der Waals surface area contributed by atoms with Crippen molar-refractivity contribution >= 4 is 29.6 Å². The van der Waals surface area contributed by atoms with E-state index in [-0.39, 0.29) is 54.9 Å². The lowest BCUT2D eigenvalue weighted by Crippen LogP contribution is -2.30. The number of aromatic nitrogens is 3. The van der Waals surface area contributed by atoms with E-state index in [1.54, 1.807) is 4.68 Å². The Bertz CT molecular complexity index is 798. The van der Waals surface area contributed by atoms with Gasteiger partial charge in [-0.25, -0.2) is 9.58 Å². The zero-order valence-electron chi connectivity index (χ0n) is 12.1. The summed E-state index contributed by atoms with van der Waals surface area (Å²) in [7, 11) is 0. The van der Waals surface area contributed by atoms with Crippen LogP contribution in [0.15, 0.2) is 30.3 Å². The second-order valence-electron chi connectivity index (χ2n) is 5.48. The van der Waals surface area contributed by atoms with Crippen LogP contribution in [0.1, 0.15) is 30.9 Å². The van der Waals surface area contributed by atoms with E-state index in [1.807, 2.05) is 30.3 Å². The molecule has 0 saturated carbocycles. The van der Waals surface area contributed by atoms with Gasteiger partial charge in [0.05, 0.1) is 12.5 Å². The average molecular weight is 311 g/mol. The van der Waals surface area contributed by atoms with E-state index in [2.05, 4.69) is 15.4 Å². The van der Waals surface area contributed by atoms with Gasteiger partial charge in [0.1, 0.15) is 0 Å². The fourth-order valence-corrected chi connectivity index (χ4v) is 2.88. The van der Waals surface area contributed by atoms with Crippen LogP contribution in [0.5, 0.6) is 0 Å². The topological polar surface area (TPSA) is 97.2 Å². The molecule has 23 heavy (non-hydrogen) atoms. The molecule has 1 aromatic heterocycles. The molecule has 8 nitrogen and oxygen atoms in total. The van der Waals surface area contributed by atoms with E-state index >= 15 is 0 Å². The third-order valence-corrected chi connectivity index (χ3v) is 3.98. The Kier molecular flexibility index (Phi) is 2.97. The first kappa shape index (κ1) is 13.6. The zero-order valence-corrected chi connectivity index (χ0v) is 12.1. The molecule has 1 aromatic carbocycles. The molecule has 8 heteroatoms. The molecule has 116 valence electrons. The quantitative estimate of drug-likeness (QED) is 0.830. The number of nitrogens with zero attached hydrogens (tertiary/aromatic N) is 4. The normalized spacial score (nSPS) is 20.6. The fourth-order valence-electron chi connectivity index (χ4n) is 2.88. The van der Waals surface area contributed by atoms with E-state index < -0.39 is 0 Å². The van der Waals surface area contributed by atoms with Gasteiger partial charge >= 0.3 is 0 Å². The van der Waals surface area contributed by atoms with Gasteiger partial charge in [-0.05, 0) is 5.56 Å². The number of imide groups is 1.